The van der Waals surface area contributed by atoms with E-state index in [1.165, 1.54) is 0 Å². The van der Waals surface area contributed by atoms with Crippen molar-refractivity contribution in [2.24, 2.45) is 0 Å². The summed E-state index contributed by atoms with van der Waals surface area (Å²) in [6.45, 7) is 0.398. The molecule has 0 fully saturated rings. The maximum atomic E-state index is 12.5. The van der Waals surface area contributed by atoms with Gasteiger partial charge in [-0.3, -0.25) is 9.59 Å². The molecule has 4 aromatic carbocycles. The van der Waals surface area contributed by atoms with E-state index in [1.54, 1.807) is 18.2 Å². The zero-order valence-electron chi connectivity index (χ0n) is 17.9. The fourth-order valence-electron chi connectivity index (χ4n) is 4.23. The van der Waals surface area contributed by atoms with Crippen molar-refractivity contribution in [3.63, 3.8) is 0 Å². The summed E-state index contributed by atoms with van der Waals surface area (Å²) >= 11 is 0. The Hall–Kier alpha value is -4.78. The van der Waals surface area contributed by atoms with E-state index in [0.29, 0.717) is 23.7 Å². The zero-order chi connectivity index (χ0) is 23.1. The van der Waals surface area contributed by atoms with Gasteiger partial charge in [-0.25, -0.2) is 5.48 Å². The van der Waals surface area contributed by atoms with Crippen molar-refractivity contribution in [3.05, 3.63) is 90.5 Å². The van der Waals surface area contributed by atoms with Crippen LogP contribution in [0.25, 0.3) is 22.3 Å². The Morgan fingerprint density at radius 3 is 2.06 bits per heavy atom. The summed E-state index contributed by atoms with van der Waals surface area (Å²) < 4.78 is 5.80. The molecule has 2 aliphatic rings. The van der Waals surface area contributed by atoms with Crippen LogP contribution < -0.4 is 25.7 Å². The Kier molecular flexibility index (Phi) is 4.66. The molecule has 7 nitrogen and oxygen atoms in total. The van der Waals surface area contributed by atoms with Crippen molar-refractivity contribution < 1.29 is 19.2 Å². The summed E-state index contributed by atoms with van der Waals surface area (Å²) in [6, 6.07) is 26.4. The second kappa shape index (κ2) is 7.97. The van der Waals surface area contributed by atoms with Gasteiger partial charge < -0.3 is 20.2 Å². The lowest BCUT2D eigenvalue weighted by Crippen LogP contribution is -2.29. The van der Waals surface area contributed by atoms with Crippen molar-refractivity contribution in [3.8, 4) is 33.8 Å². The molecule has 0 aromatic heterocycles. The molecule has 4 aromatic rings. The highest BCUT2D eigenvalue weighted by molar-refractivity contribution is 6.43. The van der Waals surface area contributed by atoms with Gasteiger partial charge in [-0.05, 0) is 53.6 Å². The summed E-state index contributed by atoms with van der Waals surface area (Å²) in [6.07, 6.45) is 0. The first kappa shape index (κ1) is 19.9. The number of fused-ring (bicyclic) bond motifs is 6. The first-order chi connectivity index (χ1) is 16.7. The molecule has 3 N–H and O–H groups in total. The fraction of sp³-hybridized carbons (Fsp3) is 0.0370. The molecule has 2 amide bonds. The van der Waals surface area contributed by atoms with E-state index in [-0.39, 0.29) is 0 Å². The van der Waals surface area contributed by atoms with Gasteiger partial charge in [-0.2, -0.15) is 0 Å². The molecule has 0 bridgehead atoms. The number of carbonyl (C=O) groups excluding carboxylic acids is 2. The number of benzene rings is 4. The van der Waals surface area contributed by atoms with Crippen LogP contribution in [-0.4, -0.2) is 11.8 Å². The van der Waals surface area contributed by atoms with Gasteiger partial charge in [0.05, 0.1) is 5.69 Å². The van der Waals surface area contributed by atoms with Crippen LogP contribution in [0.15, 0.2) is 84.9 Å². The van der Waals surface area contributed by atoms with E-state index >= 15 is 0 Å². The van der Waals surface area contributed by atoms with Crippen molar-refractivity contribution >= 4 is 28.9 Å². The zero-order valence-corrected chi connectivity index (χ0v) is 17.9. The molecule has 0 radical (unpaired) electrons. The van der Waals surface area contributed by atoms with Gasteiger partial charge in [-0.15, -0.1) is 0 Å². The van der Waals surface area contributed by atoms with Gasteiger partial charge >= 0.3 is 11.8 Å². The molecule has 6 rings (SSSR count). The summed E-state index contributed by atoms with van der Waals surface area (Å²) in [7, 11) is 0. The van der Waals surface area contributed by atoms with Crippen LogP contribution in [0.3, 0.4) is 0 Å². The van der Waals surface area contributed by atoms with Crippen molar-refractivity contribution in [1.29, 1.82) is 0 Å². The summed E-state index contributed by atoms with van der Waals surface area (Å²) in [5.41, 5.74) is 9.47. The highest BCUT2D eigenvalue weighted by atomic mass is 16.6. The van der Waals surface area contributed by atoms with Crippen LogP contribution in [0.4, 0.5) is 17.1 Å². The Morgan fingerprint density at radius 1 is 0.676 bits per heavy atom. The van der Waals surface area contributed by atoms with Crippen molar-refractivity contribution in [1.82, 2.24) is 0 Å². The molecule has 0 atom stereocenters. The fourth-order valence-corrected chi connectivity index (χ4v) is 4.23. The summed E-state index contributed by atoms with van der Waals surface area (Å²) in [5.74, 6) is 0.0328. The molecule has 2 aliphatic heterocycles. The lowest BCUT2D eigenvalue weighted by Gasteiger charge is -2.22. The van der Waals surface area contributed by atoms with Gasteiger partial charge in [0, 0.05) is 28.1 Å². The lowest BCUT2D eigenvalue weighted by molar-refractivity contribution is -0.132. The van der Waals surface area contributed by atoms with Crippen LogP contribution in [-0.2, 0) is 16.2 Å². The number of ether oxygens (including phenoxy) is 1. The number of hydrogen-bond acceptors (Lipinski definition) is 5. The van der Waals surface area contributed by atoms with E-state index in [1.807, 2.05) is 66.7 Å². The first-order valence-electron chi connectivity index (χ1n) is 10.8. The maximum Gasteiger partial charge on any atom is 0.314 e. The molecule has 34 heavy (non-hydrogen) atoms. The molecule has 0 saturated carbocycles. The minimum Gasteiger partial charge on any atom is -0.488 e. The third-order valence-electron chi connectivity index (χ3n) is 5.86. The average Bonchev–Trinajstić information content (AvgIpc) is 2.88. The molecule has 0 aliphatic carbocycles. The van der Waals surface area contributed by atoms with Gasteiger partial charge in [0.2, 0.25) is 0 Å². The Morgan fingerprint density at radius 2 is 1.29 bits per heavy atom. The monoisotopic (exact) mass is 449 g/mol. The quantitative estimate of drug-likeness (QED) is 0.366. The number of nitrogens with one attached hydrogen (secondary N) is 3. The molecule has 166 valence electrons. The SMILES string of the molecule is O=C(Nc1ccc2c(c1)COc1ccccc1-2)C(=O)Nc1ccc2c(c1)NOc1ccccc1-2. The van der Waals surface area contributed by atoms with Crippen LogP contribution in [0.5, 0.6) is 11.5 Å². The van der Waals surface area contributed by atoms with Crippen LogP contribution in [0, 0.1) is 0 Å². The first-order valence-corrected chi connectivity index (χ1v) is 10.8. The average molecular weight is 449 g/mol. The van der Waals surface area contributed by atoms with Gasteiger partial charge in [0.15, 0.2) is 5.75 Å². The van der Waals surface area contributed by atoms with Gasteiger partial charge in [0.25, 0.3) is 0 Å². The number of carbonyl (C=O) groups is 2. The number of amides is 2. The molecule has 0 spiro atoms. The van der Waals surface area contributed by atoms with Crippen LogP contribution >= 0.6 is 0 Å². The number of hydrogen-bond donors (Lipinski definition) is 3. The predicted octanol–water partition coefficient (Wildman–Crippen LogP) is 5.21. The molecule has 2 heterocycles. The third-order valence-corrected chi connectivity index (χ3v) is 5.86. The summed E-state index contributed by atoms with van der Waals surface area (Å²) in [5, 5.41) is 5.30. The largest absolute Gasteiger partial charge is 0.488 e. The van der Waals surface area contributed by atoms with Crippen molar-refractivity contribution in [2.45, 2.75) is 6.61 Å². The van der Waals surface area contributed by atoms with Gasteiger partial charge in [-0.1, -0.05) is 42.5 Å². The smallest absolute Gasteiger partial charge is 0.314 e. The van der Waals surface area contributed by atoms with E-state index in [9.17, 15) is 9.59 Å². The van der Waals surface area contributed by atoms with Crippen molar-refractivity contribution in [2.75, 3.05) is 16.1 Å². The second-order valence-electron chi connectivity index (χ2n) is 8.03. The maximum absolute atomic E-state index is 12.5. The minimum atomic E-state index is -0.767. The van der Waals surface area contributed by atoms with Crippen LogP contribution in [0.1, 0.15) is 5.56 Å². The van der Waals surface area contributed by atoms with E-state index in [0.717, 1.165) is 39.3 Å². The molecule has 0 saturated heterocycles. The second-order valence-corrected chi connectivity index (χ2v) is 8.03. The molecule has 7 heteroatoms. The van der Waals surface area contributed by atoms with Crippen LogP contribution in [0.2, 0.25) is 0 Å². The summed E-state index contributed by atoms with van der Waals surface area (Å²) in [4.78, 5) is 30.6. The topological polar surface area (TPSA) is 88.7 Å². The number of rotatable bonds is 2. The predicted molar refractivity (Wildman–Crippen MR) is 130 cm³/mol. The lowest BCUT2D eigenvalue weighted by atomic mass is 9.96. The Labute approximate surface area is 195 Å². The van der Waals surface area contributed by atoms with E-state index in [2.05, 4.69) is 16.1 Å². The Balaban J connectivity index is 1.16. The van der Waals surface area contributed by atoms with Gasteiger partial charge in [0.1, 0.15) is 12.4 Å². The third kappa shape index (κ3) is 3.49. The number of anilines is 3. The number of para-hydroxylation sites is 2. The molecular weight excluding hydrogens is 430 g/mol. The standard InChI is InChI=1S/C27H19N3O4/c31-26(28-17-9-11-19-16(13-17)15-33-24-7-3-1-5-21(19)24)27(32)29-18-10-12-20-22-6-2-4-8-25(22)34-30-23(20)14-18/h1-14,30H,15H2,(H,28,31)(H,29,32). The molecular formula is C27H19N3O4. The highest BCUT2D eigenvalue weighted by Crippen LogP contribution is 2.40. The minimum absolute atomic E-state index is 0.398. The Bertz CT molecular complexity index is 1350. The highest BCUT2D eigenvalue weighted by Gasteiger charge is 2.21. The van der Waals surface area contributed by atoms with E-state index in [4.69, 9.17) is 9.57 Å². The normalized spacial score (nSPS) is 12.4. The molecule has 0 unspecified atom stereocenters. The van der Waals surface area contributed by atoms with E-state index < -0.39 is 11.8 Å².